The van der Waals surface area contributed by atoms with Gasteiger partial charge in [-0.2, -0.15) is 13.5 Å². The Labute approximate surface area is 142 Å². The zero-order valence-corrected chi connectivity index (χ0v) is 13.5. The zero-order valence-electron chi connectivity index (χ0n) is 12.7. The van der Waals surface area contributed by atoms with Crippen molar-refractivity contribution in [1.82, 2.24) is 9.96 Å². The van der Waals surface area contributed by atoms with Crippen LogP contribution in [0.2, 0.25) is 0 Å². The minimum absolute atomic E-state index is 0.112. The molecule has 2 atom stereocenters. The van der Waals surface area contributed by atoms with Crippen LogP contribution in [0, 0.1) is 0 Å². The topological polar surface area (TPSA) is 160 Å². The number of carboxylic acid groups (broad SMARTS) is 1. The Morgan fingerprint density at radius 2 is 2.08 bits per heavy atom. The number of nitrogens with zero attached hydrogens (tertiary/aromatic N) is 2. The molecule has 1 saturated heterocycles. The number of fused-ring (bicyclic) bond motifs is 4. The molecule has 1 aromatic rings. The number of nitrogens with two attached hydrogens (primary N) is 1. The van der Waals surface area contributed by atoms with E-state index in [9.17, 15) is 23.1 Å². The number of amides is 2. The van der Waals surface area contributed by atoms with E-state index in [-0.39, 0.29) is 19.7 Å². The van der Waals surface area contributed by atoms with Gasteiger partial charge in [-0.05, 0) is 23.3 Å². The first-order valence-corrected chi connectivity index (χ1v) is 8.56. The largest absolute Gasteiger partial charge is 0.492 e. The minimum Gasteiger partial charge on any atom is -0.492 e. The van der Waals surface area contributed by atoms with Crippen molar-refractivity contribution < 1.29 is 36.7 Å². The van der Waals surface area contributed by atoms with Gasteiger partial charge in [0.15, 0.2) is 6.04 Å². The van der Waals surface area contributed by atoms with Crippen LogP contribution in [0.25, 0.3) is 0 Å². The van der Waals surface area contributed by atoms with Gasteiger partial charge in [0, 0.05) is 6.54 Å². The van der Waals surface area contributed by atoms with Crippen LogP contribution in [-0.4, -0.2) is 59.7 Å². The maximum absolute atomic E-state index is 12.3. The van der Waals surface area contributed by atoms with Gasteiger partial charge in [0.2, 0.25) is 0 Å². The van der Waals surface area contributed by atoms with Gasteiger partial charge in [0.25, 0.3) is 0 Å². The van der Waals surface area contributed by atoms with Crippen LogP contribution in [0.3, 0.4) is 0 Å². The number of aliphatic carboxylic acids is 1. The quantitative estimate of drug-likeness (QED) is 0.568. The molecule has 2 heterocycles. The Morgan fingerprint density at radius 1 is 1.36 bits per heavy atom. The minimum atomic E-state index is -4.96. The molecule has 0 spiro atoms. The Bertz CT molecular complexity index is 827. The molecule has 0 radical (unpaired) electrons. The van der Waals surface area contributed by atoms with Crippen LogP contribution in [0.1, 0.15) is 23.2 Å². The summed E-state index contributed by atoms with van der Waals surface area (Å²) >= 11 is 0. The lowest BCUT2D eigenvalue weighted by molar-refractivity contribution is -0.142. The second-order valence-corrected chi connectivity index (χ2v) is 6.45. The van der Waals surface area contributed by atoms with E-state index in [1.54, 1.807) is 0 Å². The van der Waals surface area contributed by atoms with Crippen LogP contribution in [-0.2, 0) is 19.5 Å². The molecular weight excluding hydrogens is 358 g/mol. The summed E-state index contributed by atoms with van der Waals surface area (Å²) in [5.41, 5.74) is 6.03. The SMILES string of the molecule is NCCOc1ccc2c(c1)[C@@H]1CN(C(=O)N1OS(=O)(=O)O)[C@H]2C(=O)O. The second-order valence-electron chi connectivity index (χ2n) is 5.45. The molecule has 12 heteroatoms. The normalized spacial score (nSPS) is 22.1. The monoisotopic (exact) mass is 373 g/mol. The maximum Gasteiger partial charge on any atom is 0.418 e. The predicted octanol–water partition coefficient (Wildman–Crippen LogP) is -0.323. The van der Waals surface area contributed by atoms with Crippen molar-refractivity contribution in [2.24, 2.45) is 5.73 Å². The molecule has 2 amide bonds. The average Bonchev–Trinajstić information content (AvgIpc) is 2.78. The van der Waals surface area contributed by atoms with E-state index in [0.717, 1.165) is 4.90 Å². The highest BCUT2D eigenvalue weighted by atomic mass is 32.3. The summed E-state index contributed by atoms with van der Waals surface area (Å²) in [7, 11) is -4.96. The first-order valence-electron chi connectivity index (χ1n) is 7.19. The number of benzene rings is 1. The number of hydroxylamine groups is 2. The summed E-state index contributed by atoms with van der Waals surface area (Å²) in [4.78, 5) is 24.9. The van der Waals surface area contributed by atoms with E-state index in [4.69, 9.17) is 15.0 Å². The summed E-state index contributed by atoms with van der Waals surface area (Å²) in [5, 5.41) is 9.93. The molecule has 4 N–H and O–H groups in total. The molecule has 1 fully saturated rings. The van der Waals surface area contributed by atoms with Gasteiger partial charge in [-0.1, -0.05) is 6.07 Å². The number of hydrogen-bond acceptors (Lipinski definition) is 7. The molecule has 2 bridgehead atoms. The van der Waals surface area contributed by atoms with Gasteiger partial charge in [-0.15, -0.1) is 4.28 Å². The lowest BCUT2D eigenvalue weighted by Crippen LogP contribution is -2.38. The molecular formula is C13H15N3O8S. The smallest absolute Gasteiger partial charge is 0.418 e. The predicted molar refractivity (Wildman–Crippen MR) is 80.7 cm³/mol. The fourth-order valence-corrected chi connectivity index (χ4v) is 3.39. The molecule has 11 nitrogen and oxygen atoms in total. The summed E-state index contributed by atoms with van der Waals surface area (Å²) < 4.78 is 40.7. The van der Waals surface area contributed by atoms with Crippen molar-refractivity contribution >= 4 is 22.4 Å². The van der Waals surface area contributed by atoms with Gasteiger partial charge in [0.05, 0.1) is 6.54 Å². The number of rotatable bonds is 6. The van der Waals surface area contributed by atoms with Crippen molar-refractivity contribution in [2.45, 2.75) is 12.1 Å². The highest BCUT2D eigenvalue weighted by Crippen LogP contribution is 2.45. The number of urea groups is 1. The molecule has 0 unspecified atom stereocenters. The van der Waals surface area contributed by atoms with Crippen LogP contribution in [0.4, 0.5) is 4.79 Å². The first-order chi connectivity index (χ1) is 11.7. The van der Waals surface area contributed by atoms with Crippen LogP contribution < -0.4 is 10.5 Å². The standard InChI is InChI=1S/C13H15N3O8S/c14-3-4-23-7-1-2-8-9(5-7)10-6-15(11(8)12(17)18)13(19)16(10)24-25(20,21)22/h1-2,5,10-11H,3-4,6,14H2,(H,17,18)(H,20,21,22)/t10-,11+/m0/s1. The van der Waals surface area contributed by atoms with E-state index in [0.29, 0.717) is 21.9 Å². The van der Waals surface area contributed by atoms with E-state index in [2.05, 4.69) is 4.28 Å². The molecule has 0 aromatic heterocycles. The van der Waals surface area contributed by atoms with Crippen molar-refractivity contribution in [3.05, 3.63) is 29.3 Å². The van der Waals surface area contributed by atoms with Gasteiger partial charge < -0.3 is 20.5 Å². The van der Waals surface area contributed by atoms with E-state index in [1.807, 2.05) is 0 Å². The third-order valence-corrected chi connectivity index (χ3v) is 4.25. The molecule has 1 aromatic carbocycles. The first kappa shape index (κ1) is 17.4. The zero-order chi connectivity index (χ0) is 18.4. The lowest BCUT2D eigenvalue weighted by Gasteiger charge is -2.30. The van der Waals surface area contributed by atoms with Gasteiger partial charge in [-0.25, -0.2) is 9.59 Å². The molecule has 2 aliphatic rings. The Kier molecular flexibility index (Phi) is 4.28. The van der Waals surface area contributed by atoms with Crippen LogP contribution in [0.15, 0.2) is 18.2 Å². The van der Waals surface area contributed by atoms with Crippen molar-refractivity contribution in [1.29, 1.82) is 0 Å². The highest BCUT2D eigenvalue weighted by Gasteiger charge is 2.52. The Balaban J connectivity index is 2.07. The van der Waals surface area contributed by atoms with E-state index in [1.165, 1.54) is 18.2 Å². The van der Waals surface area contributed by atoms with Crippen molar-refractivity contribution in [3.8, 4) is 5.75 Å². The van der Waals surface area contributed by atoms with E-state index < -0.39 is 34.5 Å². The molecule has 0 saturated carbocycles. The summed E-state index contributed by atoms with van der Waals surface area (Å²) in [6.45, 7) is 0.378. The number of carbonyl (C=O) groups is 2. The number of hydrogen-bond donors (Lipinski definition) is 3. The molecule has 136 valence electrons. The summed E-state index contributed by atoms with van der Waals surface area (Å²) in [5.74, 6) is -0.898. The van der Waals surface area contributed by atoms with Gasteiger partial charge in [-0.3, -0.25) is 4.55 Å². The van der Waals surface area contributed by atoms with Crippen LogP contribution >= 0.6 is 0 Å². The molecule has 25 heavy (non-hydrogen) atoms. The second kappa shape index (κ2) is 6.15. The van der Waals surface area contributed by atoms with Gasteiger partial charge in [0.1, 0.15) is 18.4 Å². The highest BCUT2D eigenvalue weighted by molar-refractivity contribution is 7.80. The average molecular weight is 373 g/mol. The van der Waals surface area contributed by atoms with Gasteiger partial charge >= 0.3 is 22.4 Å². The Morgan fingerprint density at radius 3 is 2.68 bits per heavy atom. The number of carbonyl (C=O) groups excluding carboxylic acids is 1. The summed E-state index contributed by atoms with van der Waals surface area (Å²) in [6, 6.07) is 1.33. The molecule has 2 aliphatic heterocycles. The fraction of sp³-hybridized carbons (Fsp3) is 0.385. The maximum atomic E-state index is 12.3. The number of carboxylic acids is 1. The van der Waals surface area contributed by atoms with E-state index >= 15 is 0 Å². The fourth-order valence-electron chi connectivity index (χ4n) is 3.02. The van der Waals surface area contributed by atoms with Crippen molar-refractivity contribution in [3.63, 3.8) is 0 Å². The molecule has 3 rings (SSSR count). The summed E-state index contributed by atoms with van der Waals surface area (Å²) in [6.07, 6.45) is 0. The third-order valence-electron chi connectivity index (χ3n) is 3.91. The number of ether oxygens (including phenoxy) is 1. The third kappa shape index (κ3) is 3.11. The van der Waals surface area contributed by atoms with Crippen molar-refractivity contribution in [2.75, 3.05) is 19.7 Å². The van der Waals surface area contributed by atoms with Crippen LogP contribution in [0.5, 0.6) is 5.75 Å². The Hall–Kier alpha value is -2.41. The lowest BCUT2D eigenvalue weighted by atomic mass is 9.91. The molecule has 0 aliphatic carbocycles.